The van der Waals surface area contributed by atoms with Crippen LogP contribution < -0.4 is 5.32 Å². The predicted octanol–water partition coefficient (Wildman–Crippen LogP) is -0.675. The zero-order chi connectivity index (χ0) is 19.1. The standard InChI is InChI=1S/C12H14N12O3/c1-14-12-16-8(18-21-13)4-10(17-12)24(3-15-4)11-6(26)5(25)7(27-11)9-19-22-23(2)20-9/h3,5-7,11,25-26H,1-2H3,(H,14,16,17). The number of tetrazole rings is 1. The smallest absolute Gasteiger partial charge is 0.224 e. The Morgan fingerprint density at radius 1 is 1.33 bits per heavy atom. The first-order valence-electron chi connectivity index (χ1n) is 7.76. The molecule has 3 aromatic heterocycles. The van der Waals surface area contributed by atoms with Crippen LogP contribution >= 0.6 is 0 Å². The number of ether oxygens (including phenoxy) is 1. The molecule has 15 heteroatoms. The van der Waals surface area contributed by atoms with E-state index in [-0.39, 0.29) is 28.8 Å². The summed E-state index contributed by atoms with van der Waals surface area (Å²) in [6.45, 7) is 0. The monoisotopic (exact) mass is 374 g/mol. The fourth-order valence-electron chi connectivity index (χ4n) is 2.83. The Kier molecular flexibility index (Phi) is 4.04. The van der Waals surface area contributed by atoms with Crippen LogP contribution in [-0.2, 0) is 11.8 Å². The van der Waals surface area contributed by atoms with E-state index in [4.69, 9.17) is 10.3 Å². The molecule has 0 radical (unpaired) electrons. The molecular formula is C12H14N12O3. The molecule has 4 unspecified atom stereocenters. The maximum Gasteiger partial charge on any atom is 0.224 e. The predicted molar refractivity (Wildman–Crippen MR) is 87.4 cm³/mol. The van der Waals surface area contributed by atoms with Crippen molar-refractivity contribution in [1.82, 2.24) is 39.7 Å². The van der Waals surface area contributed by atoms with Crippen molar-refractivity contribution in [3.63, 3.8) is 0 Å². The number of hydrogen-bond acceptors (Lipinski definition) is 11. The van der Waals surface area contributed by atoms with Crippen molar-refractivity contribution >= 4 is 22.9 Å². The lowest BCUT2D eigenvalue weighted by atomic mass is 10.1. The first-order chi connectivity index (χ1) is 13.0. The normalized spacial score (nSPS) is 24.9. The van der Waals surface area contributed by atoms with E-state index in [2.05, 4.69) is 45.7 Å². The average molecular weight is 374 g/mol. The third-order valence-electron chi connectivity index (χ3n) is 4.06. The number of imidazole rings is 1. The molecule has 0 aromatic carbocycles. The van der Waals surface area contributed by atoms with Gasteiger partial charge >= 0.3 is 0 Å². The first-order valence-corrected chi connectivity index (χ1v) is 7.76. The van der Waals surface area contributed by atoms with Gasteiger partial charge in [0.05, 0.1) is 13.4 Å². The zero-order valence-electron chi connectivity index (χ0n) is 14.1. The van der Waals surface area contributed by atoms with Gasteiger partial charge in [0, 0.05) is 12.0 Å². The van der Waals surface area contributed by atoms with Gasteiger partial charge in [-0.3, -0.25) is 4.57 Å². The van der Waals surface area contributed by atoms with E-state index in [0.717, 1.165) is 0 Å². The van der Waals surface area contributed by atoms with Crippen molar-refractivity contribution in [3.8, 4) is 0 Å². The number of nitrogens with zero attached hydrogens (tertiary/aromatic N) is 11. The summed E-state index contributed by atoms with van der Waals surface area (Å²) in [5.74, 6) is 0.342. The van der Waals surface area contributed by atoms with Gasteiger partial charge in [0.15, 0.2) is 23.8 Å². The summed E-state index contributed by atoms with van der Waals surface area (Å²) in [6.07, 6.45) is -3.27. The lowest BCUT2D eigenvalue weighted by Crippen LogP contribution is -2.29. The van der Waals surface area contributed by atoms with Gasteiger partial charge in [0.25, 0.3) is 0 Å². The Hall–Kier alpha value is -3.39. The van der Waals surface area contributed by atoms with Crippen molar-refractivity contribution in [2.75, 3.05) is 12.4 Å². The second-order valence-electron chi connectivity index (χ2n) is 5.70. The fraction of sp³-hybridized carbons (Fsp3) is 0.500. The van der Waals surface area contributed by atoms with Crippen molar-refractivity contribution in [3.05, 3.63) is 22.6 Å². The number of rotatable bonds is 4. The van der Waals surface area contributed by atoms with Crippen LogP contribution in [0, 0.1) is 0 Å². The number of azide groups is 1. The van der Waals surface area contributed by atoms with Crippen LogP contribution in [0.25, 0.3) is 21.6 Å². The molecule has 3 N–H and O–H groups in total. The van der Waals surface area contributed by atoms with Crippen LogP contribution in [0.4, 0.5) is 11.8 Å². The van der Waals surface area contributed by atoms with E-state index >= 15 is 0 Å². The van der Waals surface area contributed by atoms with E-state index in [1.165, 1.54) is 15.7 Å². The molecule has 3 aromatic rings. The van der Waals surface area contributed by atoms with Gasteiger partial charge in [-0.1, -0.05) is 0 Å². The molecule has 0 saturated carbocycles. The topological polar surface area (TPSA) is 198 Å². The number of anilines is 1. The van der Waals surface area contributed by atoms with Crippen LogP contribution in [0.15, 0.2) is 11.4 Å². The summed E-state index contributed by atoms with van der Waals surface area (Å²) in [5.41, 5.74) is 9.20. The van der Waals surface area contributed by atoms with Gasteiger partial charge in [0.1, 0.15) is 17.7 Å². The SMILES string of the molecule is CNc1nc(N=[N+]=[N-])c2ncn(C3OC(c4nnn(C)n4)C(O)C3O)c2n1. The summed E-state index contributed by atoms with van der Waals surface area (Å²) in [4.78, 5) is 16.4. The molecule has 0 bridgehead atoms. The van der Waals surface area contributed by atoms with Crippen molar-refractivity contribution < 1.29 is 14.9 Å². The largest absolute Gasteiger partial charge is 0.387 e. The third-order valence-corrected chi connectivity index (χ3v) is 4.06. The van der Waals surface area contributed by atoms with Crippen molar-refractivity contribution in [2.45, 2.75) is 24.5 Å². The van der Waals surface area contributed by atoms with Crippen molar-refractivity contribution in [2.24, 2.45) is 12.2 Å². The number of nitrogens with one attached hydrogen (secondary N) is 1. The maximum atomic E-state index is 10.5. The Balaban J connectivity index is 1.78. The molecule has 27 heavy (non-hydrogen) atoms. The van der Waals surface area contributed by atoms with E-state index < -0.39 is 24.5 Å². The van der Waals surface area contributed by atoms with E-state index in [1.54, 1.807) is 14.1 Å². The summed E-state index contributed by atoms with van der Waals surface area (Å²) in [5, 5.41) is 38.6. The number of aliphatic hydroxyl groups excluding tert-OH is 2. The number of aryl methyl sites for hydroxylation is 1. The van der Waals surface area contributed by atoms with Crippen LogP contribution in [0.5, 0.6) is 0 Å². The molecule has 0 amide bonds. The second kappa shape index (κ2) is 6.40. The third kappa shape index (κ3) is 2.70. The van der Waals surface area contributed by atoms with Gasteiger partial charge in [-0.25, -0.2) is 9.97 Å². The highest BCUT2D eigenvalue weighted by atomic mass is 16.6. The Bertz CT molecular complexity index is 1040. The zero-order valence-corrected chi connectivity index (χ0v) is 14.1. The minimum Gasteiger partial charge on any atom is -0.387 e. The summed E-state index contributed by atoms with van der Waals surface area (Å²) >= 11 is 0. The van der Waals surface area contributed by atoms with E-state index in [1.807, 2.05) is 0 Å². The molecule has 15 nitrogen and oxygen atoms in total. The minimum absolute atomic E-state index is 0.0192. The van der Waals surface area contributed by atoms with Crippen LogP contribution in [0.1, 0.15) is 18.2 Å². The Morgan fingerprint density at radius 2 is 2.15 bits per heavy atom. The summed E-state index contributed by atoms with van der Waals surface area (Å²) in [6, 6.07) is 0. The molecule has 0 aliphatic carbocycles. The van der Waals surface area contributed by atoms with Crippen LogP contribution in [-0.4, -0.2) is 69.2 Å². The van der Waals surface area contributed by atoms with Crippen molar-refractivity contribution in [1.29, 1.82) is 0 Å². The molecule has 1 fully saturated rings. The summed E-state index contributed by atoms with van der Waals surface area (Å²) in [7, 11) is 3.17. The number of fused-ring (bicyclic) bond motifs is 1. The molecule has 4 heterocycles. The molecule has 1 aliphatic heterocycles. The number of aliphatic hydroxyl groups is 2. The highest BCUT2D eigenvalue weighted by Gasteiger charge is 2.47. The molecule has 0 spiro atoms. The van der Waals surface area contributed by atoms with E-state index in [9.17, 15) is 10.2 Å². The Morgan fingerprint density at radius 3 is 2.81 bits per heavy atom. The molecule has 4 atom stereocenters. The lowest BCUT2D eigenvalue weighted by Gasteiger charge is -2.16. The maximum absolute atomic E-state index is 10.5. The van der Waals surface area contributed by atoms with E-state index in [0.29, 0.717) is 0 Å². The Labute approximate surface area is 150 Å². The number of hydrogen-bond donors (Lipinski definition) is 3. The van der Waals surface area contributed by atoms with Gasteiger partial charge in [0.2, 0.25) is 11.8 Å². The van der Waals surface area contributed by atoms with Crippen LogP contribution in [0.3, 0.4) is 0 Å². The van der Waals surface area contributed by atoms with Gasteiger partial charge < -0.3 is 20.3 Å². The molecule has 1 aliphatic rings. The molecule has 4 rings (SSSR count). The lowest BCUT2D eigenvalue weighted by molar-refractivity contribution is -0.0384. The average Bonchev–Trinajstić information content (AvgIpc) is 3.34. The summed E-state index contributed by atoms with van der Waals surface area (Å²) < 4.78 is 7.19. The minimum atomic E-state index is -1.31. The highest BCUT2D eigenvalue weighted by molar-refractivity contribution is 5.82. The number of aromatic nitrogens is 8. The first kappa shape index (κ1) is 17.0. The molecular weight excluding hydrogens is 360 g/mol. The van der Waals surface area contributed by atoms with Gasteiger partial charge in [-0.15, -0.1) is 10.2 Å². The van der Waals surface area contributed by atoms with Gasteiger partial charge in [-0.2, -0.15) is 9.78 Å². The fourth-order valence-corrected chi connectivity index (χ4v) is 2.83. The molecule has 140 valence electrons. The van der Waals surface area contributed by atoms with Gasteiger partial charge in [-0.05, 0) is 15.9 Å². The quantitative estimate of drug-likeness (QED) is 0.299. The second-order valence-corrected chi connectivity index (χ2v) is 5.70. The van der Waals surface area contributed by atoms with Crippen LogP contribution in [0.2, 0.25) is 0 Å². The molecule has 1 saturated heterocycles. The highest BCUT2D eigenvalue weighted by Crippen LogP contribution is 2.39.